The number of benzene rings is 2. The van der Waals surface area contributed by atoms with Gasteiger partial charge in [0.1, 0.15) is 17.4 Å². The molecule has 0 atom stereocenters. The van der Waals surface area contributed by atoms with Crippen LogP contribution >= 0.6 is 11.3 Å². The van der Waals surface area contributed by atoms with Crippen LogP contribution in [0, 0.1) is 0 Å². The zero-order valence-corrected chi connectivity index (χ0v) is 18.3. The van der Waals surface area contributed by atoms with Gasteiger partial charge in [0.15, 0.2) is 0 Å². The highest BCUT2D eigenvalue weighted by Gasteiger charge is 2.30. The van der Waals surface area contributed by atoms with E-state index in [0.29, 0.717) is 18.7 Å². The molecule has 3 aromatic rings. The molecule has 0 spiro atoms. The molecule has 1 aromatic heterocycles. The molecule has 31 heavy (non-hydrogen) atoms. The lowest BCUT2D eigenvalue weighted by atomic mass is 10.2. The van der Waals surface area contributed by atoms with Crippen molar-refractivity contribution in [3.63, 3.8) is 0 Å². The first-order valence-electron chi connectivity index (χ1n) is 10.0. The minimum Gasteiger partial charge on any atom is -0.339 e. The molecule has 0 saturated carbocycles. The molecule has 1 amide bonds. The molecule has 2 aliphatic heterocycles. The first kappa shape index (κ1) is 20.1. The number of hydrogen-bond acceptors (Lipinski definition) is 7. The third kappa shape index (κ3) is 4.06. The van der Waals surface area contributed by atoms with Crippen molar-refractivity contribution in [2.75, 3.05) is 32.7 Å². The molecule has 3 heterocycles. The van der Waals surface area contributed by atoms with E-state index in [2.05, 4.69) is 25.7 Å². The molecular formula is C21H21N5O3S2. The van der Waals surface area contributed by atoms with Gasteiger partial charge in [0.25, 0.3) is 10.0 Å². The van der Waals surface area contributed by atoms with Crippen molar-refractivity contribution in [2.24, 2.45) is 4.99 Å². The number of nitrogens with zero attached hydrogens (tertiary/aromatic N) is 4. The van der Waals surface area contributed by atoms with Gasteiger partial charge in [0.2, 0.25) is 5.91 Å². The Bertz CT molecular complexity index is 1240. The van der Waals surface area contributed by atoms with Crippen molar-refractivity contribution in [1.29, 1.82) is 0 Å². The summed E-state index contributed by atoms with van der Waals surface area (Å²) in [6.45, 7) is 3.49. The Morgan fingerprint density at radius 1 is 1.06 bits per heavy atom. The van der Waals surface area contributed by atoms with E-state index in [1.165, 1.54) is 10.8 Å². The van der Waals surface area contributed by atoms with E-state index in [9.17, 15) is 13.2 Å². The Morgan fingerprint density at radius 3 is 2.61 bits per heavy atom. The van der Waals surface area contributed by atoms with Gasteiger partial charge >= 0.3 is 0 Å². The van der Waals surface area contributed by atoms with Gasteiger partial charge in [0.05, 0.1) is 21.7 Å². The number of carbonyl (C=O) groups excluding carboxylic acids is 1. The SMILES string of the molecule is O=C(CN=C1NS(=O)(=O)c2ccccc21)N1CCN(Cc2nc3ccccc3s2)CC1. The van der Waals surface area contributed by atoms with Crippen molar-refractivity contribution in [1.82, 2.24) is 19.5 Å². The van der Waals surface area contributed by atoms with Crippen LogP contribution in [-0.2, 0) is 21.4 Å². The molecule has 160 valence electrons. The monoisotopic (exact) mass is 455 g/mol. The highest BCUT2D eigenvalue weighted by atomic mass is 32.2. The predicted molar refractivity (Wildman–Crippen MR) is 120 cm³/mol. The van der Waals surface area contributed by atoms with Crippen LogP contribution in [0.4, 0.5) is 0 Å². The maximum Gasteiger partial charge on any atom is 0.263 e. The molecule has 1 saturated heterocycles. The Labute approximate surface area is 184 Å². The lowest BCUT2D eigenvalue weighted by Crippen LogP contribution is -2.49. The molecular weight excluding hydrogens is 434 g/mol. The molecule has 0 aliphatic carbocycles. The van der Waals surface area contributed by atoms with Crippen LogP contribution in [0.15, 0.2) is 58.4 Å². The minimum atomic E-state index is -3.59. The number of hydrogen-bond donors (Lipinski definition) is 1. The quantitative estimate of drug-likeness (QED) is 0.646. The summed E-state index contributed by atoms with van der Waals surface area (Å²) in [5, 5.41) is 1.08. The second-order valence-electron chi connectivity index (χ2n) is 7.50. The van der Waals surface area contributed by atoms with Crippen LogP contribution in [0.2, 0.25) is 0 Å². The number of rotatable bonds is 4. The van der Waals surface area contributed by atoms with Crippen LogP contribution in [-0.4, -0.2) is 67.7 Å². The lowest BCUT2D eigenvalue weighted by molar-refractivity contribution is -0.131. The number of thiazole rings is 1. The van der Waals surface area contributed by atoms with Gasteiger partial charge in [-0.25, -0.2) is 13.4 Å². The fourth-order valence-corrected chi connectivity index (χ4v) is 6.09. The van der Waals surface area contributed by atoms with Gasteiger partial charge in [-0.3, -0.25) is 19.4 Å². The average molecular weight is 456 g/mol. The van der Waals surface area contributed by atoms with Crippen molar-refractivity contribution in [3.05, 3.63) is 59.1 Å². The number of piperazine rings is 1. The number of nitrogens with one attached hydrogen (secondary N) is 1. The van der Waals surface area contributed by atoms with E-state index in [0.717, 1.165) is 30.2 Å². The topological polar surface area (TPSA) is 95.0 Å². The zero-order chi connectivity index (χ0) is 21.4. The maximum absolute atomic E-state index is 12.6. The van der Waals surface area contributed by atoms with Crippen LogP contribution in [0.5, 0.6) is 0 Å². The number of aromatic nitrogens is 1. The number of fused-ring (bicyclic) bond motifs is 2. The van der Waals surface area contributed by atoms with Gasteiger partial charge in [-0.2, -0.15) is 0 Å². The normalized spacial score (nSPS) is 19.5. The smallest absolute Gasteiger partial charge is 0.263 e. The van der Waals surface area contributed by atoms with E-state index in [1.807, 2.05) is 18.2 Å². The zero-order valence-electron chi connectivity index (χ0n) is 16.7. The van der Waals surface area contributed by atoms with Crippen molar-refractivity contribution >= 4 is 43.3 Å². The first-order valence-corrected chi connectivity index (χ1v) is 12.3. The van der Waals surface area contributed by atoms with Crippen molar-refractivity contribution in [3.8, 4) is 0 Å². The van der Waals surface area contributed by atoms with Gasteiger partial charge in [-0.15, -0.1) is 11.3 Å². The summed E-state index contributed by atoms with van der Waals surface area (Å²) in [6, 6.07) is 14.8. The molecule has 0 unspecified atom stereocenters. The molecule has 8 nitrogen and oxygen atoms in total. The third-order valence-corrected chi connectivity index (χ3v) is 7.88. The lowest BCUT2D eigenvalue weighted by Gasteiger charge is -2.34. The number of aliphatic imine (C=N–C) groups is 1. The van der Waals surface area contributed by atoms with Crippen molar-refractivity contribution in [2.45, 2.75) is 11.4 Å². The van der Waals surface area contributed by atoms with Crippen LogP contribution in [0.25, 0.3) is 10.2 Å². The maximum atomic E-state index is 12.6. The number of carbonyl (C=O) groups is 1. The molecule has 0 radical (unpaired) electrons. The third-order valence-electron chi connectivity index (χ3n) is 5.46. The average Bonchev–Trinajstić information content (AvgIpc) is 3.30. The molecule has 2 aliphatic rings. The number of para-hydroxylation sites is 1. The molecule has 5 rings (SSSR count). The second-order valence-corrected chi connectivity index (χ2v) is 10.3. The van der Waals surface area contributed by atoms with E-state index in [4.69, 9.17) is 0 Å². The second kappa shape index (κ2) is 8.03. The van der Waals surface area contributed by atoms with Gasteiger partial charge < -0.3 is 4.90 Å². The van der Waals surface area contributed by atoms with Gasteiger partial charge in [-0.05, 0) is 24.3 Å². The van der Waals surface area contributed by atoms with Crippen LogP contribution < -0.4 is 4.72 Å². The summed E-state index contributed by atoms with van der Waals surface area (Å²) in [4.78, 5) is 25.9. The number of amidine groups is 1. The number of sulfonamides is 1. The molecule has 1 fully saturated rings. The molecule has 2 aromatic carbocycles. The van der Waals surface area contributed by atoms with Crippen LogP contribution in [0.3, 0.4) is 0 Å². The van der Waals surface area contributed by atoms with E-state index < -0.39 is 10.0 Å². The van der Waals surface area contributed by atoms with Crippen LogP contribution in [0.1, 0.15) is 10.6 Å². The number of amides is 1. The Morgan fingerprint density at radius 2 is 1.81 bits per heavy atom. The Kier molecular flexibility index (Phi) is 5.20. The highest BCUT2D eigenvalue weighted by molar-refractivity contribution is 7.90. The largest absolute Gasteiger partial charge is 0.339 e. The van der Waals surface area contributed by atoms with E-state index in [1.54, 1.807) is 34.4 Å². The molecule has 1 N–H and O–H groups in total. The van der Waals surface area contributed by atoms with Crippen molar-refractivity contribution < 1.29 is 13.2 Å². The Balaban J connectivity index is 1.18. The highest BCUT2D eigenvalue weighted by Crippen LogP contribution is 2.24. The van der Waals surface area contributed by atoms with E-state index in [-0.39, 0.29) is 23.2 Å². The summed E-state index contributed by atoms with van der Waals surface area (Å²) in [5.41, 5.74) is 1.54. The predicted octanol–water partition coefficient (Wildman–Crippen LogP) is 1.68. The fraction of sp³-hybridized carbons (Fsp3) is 0.286. The van der Waals surface area contributed by atoms with E-state index >= 15 is 0 Å². The first-order chi connectivity index (χ1) is 15.0. The fourth-order valence-electron chi connectivity index (χ4n) is 3.83. The summed E-state index contributed by atoms with van der Waals surface area (Å²) < 4.78 is 27.9. The molecule has 0 bridgehead atoms. The standard InChI is InChI=1S/C21H21N5O3S2/c27-20(13-22-21-15-5-1-4-8-18(15)31(28,29)24-21)26-11-9-25(10-12-26)14-19-23-16-6-2-3-7-17(16)30-19/h1-8H,9-14H2,(H,22,24). The summed E-state index contributed by atoms with van der Waals surface area (Å²) >= 11 is 1.71. The minimum absolute atomic E-state index is 0.0793. The van der Waals surface area contributed by atoms with Gasteiger partial charge in [0, 0.05) is 31.7 Å². The molecule has 10 heteroatoms. The summed E-state index contributed by atoms with van der Waals surface area (Å²) in [7, 11) is -3.59. The van der Waals surface area contributed by atoms with Gasteiger partial charge in [-0.1, -0.05) is 24.3 Å². The summed E-state index contributed by atoms with van der Waals surface area (Å²) in [5.74, 6) is 0.133. The Hall–Kier alpha value is -2.82. The summed E-state index contributed by atoms with van der Waals surface area (Å²) in [6.07, 6.45) is 0.